The monoisotopic (exact) mass is 709 g/mol. The summed E-state index contributed by atoms with van der Waals surface area (Å²) in [6, 6.07) is 24.9. The molecule has 0 bridgehead atoms. The number of allylic oxidation sites excluding steroid dienone is 1. The molecule has 0 radical (unpaired) electrons. The van der Waals surface area contributed by atoms with Crippen molar-refractivity contribution >= 4 is 30.0 Å². The topological polar surface area (TPSA) is 114 Å². The number of carbonyl (C=O) groups excluding carboxylic acids is 4. The maximum atomic E-state index is 14.2. The third-order valence-electron chi connectivity index (χ3n) is 8.86. The molecule has 0 unspecified atom stereocenters. The predicted molar refractivity (Wildman–Crippen MR) is 205 cm³/mol. The number of ether oxygens (including phenoxy) is 2. The summed E-state index contributed by atoms with van der Waals surface area (Å²) in [4.78, 5) is 54.7. The van der Waals surface area contributed by atoms with Gasteiger partial charge in [-0.15, -0.1) is 0 Å². The molecule has 0 fully saturated rings. The van der Waals surface area contributed by atoms with Crippen molar-refractivity contribution in [3.05, 3.63) is 102 Å². The molecule has 52 heavy (non-hydrogen) atoms. The maximum Gasteiger partial charge on any atom is 0.407 e. The first-order valence-electron chi connectivity index (χ1n) is 18.3. The van der Waals surface area contributed by atoms with Crippen LogP contribution in [-0.2, 0) is 23.9 Å². The summed E-state index contributed by atoms with van der Waals surface area (Å²) in [5.41, 5.74) is 7.46. The zero-order valence-electron chi connectivity index (χ0n) is 31.8. The van der Waals surface area contributed by atoms with E-state index in [4.69, 9.17) is 9.47 Å². The highest BCUT2D eigenvalue weighted by molar-refractivity contribution is 5.90. The van der Waals surface area contributed by atoms with E-state index in [1.165, 1.54) is 5.01 Å². The highest BCUT2D eigenvalue weighted by Gasteiger charge is 2.38. The van der Waals surface area contributed by atoms with Crippen LogP contribution in [0.1, 0.15) is 90.8 Å². The van der Waals surface area contributed by atoms with Crippen molar-refractivity contribution in [2.75, 3.05) is 13.2 Å². The average Bonchev–Trinajstić information content (AvgIpc) is 3.40. The summed E-state index contributed by atoms with van der Waals surface area (Å²) in [6.07, 6.45) is 3.75. The Hall–Kier alpha value is -4.92. The van der Waals surface area contributed by atoms with Crippen LogP contribution in [0.5, 0.6) is 0 Å². The van der Waals surface area contributed by atoms with Gasteiger partial charge in [-0.05, 0) is 80.2 Å². The van der Waals surface area contributed by atoms with Crippen molar-refractivity contribution in [2.45, 2.75) is 85.8 Å². The number of hydrogen-bond donors (Lipinski definition) is 2. The van der Waals surface area contributed by atoms with E-state index in [0.717, 1.165) is 27.8 Å². The summed E-state index contributed by atoms with van der Waals surface area (Å²) < 4.78 is 11.5. The predicted octanol–water partition coefficient (Wildman–Crippen LogP) is 8.15. The molecule has 0 aliphatic heterocycles. The fraction of sp³-hybridized carbons (Fsp3) is 0.442. The van der Waals surface area contributed by atoms with Gasteiger partial charge in [-0.25, -0.2) is 4.79 Å². The smallest absolute Gasteiger partial charge is 0.407 e. The van der Waals surface area contributed by atoms with Crippen LogP contribution in [0.25, 0.3) is 17.2 Å². The Kier molecular flexibility index (Phi) is 13.8. The highest BCUT2D eigenvalue weighted by Crippen LogP contribution is 2.44. The van der Waals surface area contributed by atoms with E-state index >= 15 is 0 Å². The molecule has 1 aliphatic rings. The molecule has 2 N–H and O–H groups in total. The number of nitrogens with zero attached hydrogens (tertiary/aromatic N) is 1. The molecule has 3 amide bonds. The van der Waals surface area contributed by atoms with E-state index in [-0.39, 0.29) is 37.3 Å². The number of alkyl carbamates (subject to hydrolysis) is 1. The third-order valence-corrected chi connectivity index (χ3v) is 8.86. The Balaban J connectivity index is 1.47. The van der Waals surface area contributed by atoms with Gasteiger partial charge in [-0.3, -0.25) is 24.8 Å². The molecule has 1 aliphatic carbocycles. The Morgan fingerprint density at radius 3 is 1.92 bits per heavy atom. The summed E-state index contributed by atoms with van der Waals surface area (Å²) in [6.45, 7) is 15.1. The molecule has 0 saturated heterocycles. The summed E-state index contributed by atoms with van der Waals surface area (Å²) >= 11 is 0. The number of amides is 3. The minimum Gasteiger partial charge on any atom is -0.460 e. The van der Waals surface area contributed by atoms with E-state index < -0.39 is 47.4 Å². The summed E-state index contributed by atoms with van der Waals surface area (Å²) in [5, 5.41) is 3.91. The van der Waals surface area contributed by atoms with Crippen LogP contribution >= 0.6 is 0 Å². The molecule has 0 aromatic heterocycles. The second-order valence-electron chi connectivity index (χ2n) is 15.4. The van der Waals surface area contributed by atoms with Crippen molar-refractivity contribution in [3.8, 4) is 11.1 Å². The van der Waals surface area contributed by atoms with Gasteiger partial charge in [-0.2, -0.15) is 0 Å². The number of carbonyl (C=O) groups is 4. The second-order valence-corrected chi connectivity index (χ2v) is 15.4. The van der Waals surface area contributed by atoms with E-state index in [0.29, 0.717) is 6.42 Å². The van der Waals surface area contributed by atoms with Gasteiger partial charge in [0.15, 0.2) is 0 Å². The van der Waals surface area contributed by atoms with Crippen molar-refractivity contribution in [1.29, 1.82) is 0 Å². The van der Waals surface area contributed by atoms with Crippen molar-refractivity contribution in [3.63, 3.8) is 0 Å². The number of esters is 1. The fourth-order valence-corrected chi connectivity index (χ4v) is 6.56. The zero-order chi connectivity index (χ0) is 38.0. The second kappa shape index (κ2) is 18.0. The average molecular weight is 710 g/mol. The van der Waals surface area contributed by atoms with Gasteiger partial charge in [0.05, 0.1) is 11.8 Å². The lowest BCUT2D eigenvalue weighted by molar-refractivity contribution is -0.165. The number of hydrogen-bond acceptors (Lipinski definition) is 6. The molecule has 3 aromatic rings. The Bertz CT molecular complexity index is 1670. The molecule has 9 nitrogen and oxygen atoms in total. The number of rotatable bonds is 14. The standard InChI is InChI=1S/C43H55N3O6/c1-28(2)25-37(36(41(49)52-43(6,7)8)24-16-19-31-17-10-9-11-18-31)39(47)45-46(26-29(3)4)40(48)30(5)44-42(50)51-27-38-34-22-14-12-20-32(34)33-21-13-15-23-35(33)38/h9-23,28-30,36-38H,24-27H2,1-8H3,(H,44,50)(H,45,47)/b19-16+/t30-,36+,37-/m1/s1. The van der Waals surface area contributed by atoms with Crippen LogP contribution < -0.4 is 10.7 Å². The molecule has 278 valence electrons. The van der Waals surface area contributed by atoms with Gasteiger partial charge in [0.1, 0.15) is 18.2 Å². The van der Waals surface area contributed by atoms with E-state index in [1.807, 2.05) is 107 Å². The first-order chi connectivity index (χ1) is 24.6. The van der Waals surface area contributed by atoms with Gasteiger partial charge < -0.3 is 14.8 Å². The molecular formula is C43H55N3O6. The number of hydrazine groups is 1. The lowest BCUT2D eigenvalue weighted by atomic mass is 9.82. The van der Waals surface area contributed by atoms with Gasteiger partial charge in [0.25, 0.3) is 5.91 Å². The molecule has 4 rings (SSSR count). The van der Waals surface area contributed by atoms with Crippen LogP contribution in [0.2, 0.25) is 0 Å². The Morgan fingerprint density at radius 2 is 1.37 bits per heavy atom. The van der Waals surface area contributed by atoms with Crippen LogP contribution in [-0.4, -0.2) is 53.7 Å². The highest BCUT2D eigenvalue weighted by atomic mass is 16.6. The quantitative estimate of drug-likeness (QED) is 0.129. The van der Waals surface area contributed by atoms with Crippen LogP contribution in [0.3, 0.4) is 0 Å². The van der Waals surface area contributed by atoms with Crippen molar-refractivity contribution < 1.29 is 28.7 Å². The van der Waals surface area contributed by atoms with Gasteiger partial charge in [-0.1, -0.05) is 119 Å². The van der Waals surface area contributed by atoms with Crippen LogP contribution in [0.4, 0.5) is 4.79 Å². The van der Waals surface area contributed by atoms with E-state index in [1.54, 1.807) is 27.7 Å². The first kappa shape index (κ1) is 39.9. The van der Waals surface area contributed by atoms with Crippen LogP contribution in [0, 0.1) is 23.7 Å². The lowest BCUT2D eigenvalue weighted by Gasteiger charge is -2.33. The molecule has 0 spiro atoms. The first-order valence-corrected chi connectivity index (χ1v) is 18.3. The normalized spacial score (nSPS) is 14.3. The summed E-state index contributed by atoms with van der Waals surface area (Å²) in [5.74, 6) is -3.09. The molecule has 3 atom stereocenters. The Morgan fingerprint density at radius 1 is 0.788 bits per heavy atom. The fourth-order valence-electron chi connectivity index (χ4n) is 6.56. The van der Waals surface area contributed by atoms with Crippen molar-refractivity contribution in [2.24, 2.45) is 23.7 Å². The van der Waals surface area contributed by atoms with Crippen LogP contribution in [0.15, 0.2) is 84.9 Å². The van der Waals surface area contributed by atoms with Gasteiger partial charge in [0, 0.05) is 12.5 Å². The zero-order valence-corrected chi connectivity index (χ0v) is 31.8. The lowest BCUT2D eigenvalue weighted by Crippen LogP contribution is -2.56. The Labute approximate surface area is 309 Å². The van der Waals surface area contributed by atoms with Crippen molar-refractivity contribution in [1.82, 2.24) is 15.8 Å². The number of benzene rings is 3. The minimum absolute atomic E-state index is 0.00934. The van der Waals surface area contributed by atoms with E-state index in [9.17, 15) is 19.2 Å². The molecule has 0 saturated carbocycles. The number of fused-ring (bicyclic) bond motifs is 3. The number of nitrogens with one attached hydrogen (secondary N) is 2. The molecule has 9 heteroatoms. The van der Waals surface area contributed by atoms with Gasteiger partial charge in [0.2, 0.25) is 5.91 Å². The molecular weight excluding hydrogens is 654 g/mol. The minimum atomic E-state index is -1.01. The SMILES string of the molecule is CC(C)C[C@@H](C(=O)NN(CC(C)C)C(=O)[C@@H](C)NC(=O)OCC1c2ccccc2-c2ccccc21)[C@H](C/C=C/c1ccccc1)C(=O)OC(C)(C)C. The van der Waals surface area contributed by atoms with Gasteiger partial charge >= 0.3 is 12.1 Å². The largest absolute Gasteiger partial charge is 0.460 e. The maximum absolute atomic E-state index is 14.2. The third kappa shape index (κ3) is 11.0. The summed E-state index contributed by atoms with van der Waals surface area (Å²) in [7, 11) is 0. The molecule has 3 aromatic carbocycles. The van der Waals surface area contributed by atoms with E-state index in [2.05, 4.69) is 22.9 Å². The molecule has 0 heterocycles.